The average molecular weight is 344 g/mol. The molecule has 0 spiro atoms. The molecule has 0 aliphatic carbocycles. The van der Waals surface area contributed by atoms with E-state index >= 15 is 0 Å². The van der Waals surface area contributed by atoms with Crippen LogP contribution in [-0.2, 0) is 20.0 Å². The molecule has 0 saturated carbocycles. The first-order valence-corrected chi connectivity index (χ1v) is 8.85. The topological polar surface area (TPSA) is 42.3 Å². The van der Waals surface area contributed by atoms with Gasteiger partial charge in [-0.05, 0) is 44.0 Å². The average Bonchev–Trinajstić information content (AvgIpc) is 2.95. The van der Waals surface area contributed by atoms with E-state index in [1.807, 2.05) is 32.9 Å². The van der Waals surface area contributed by atoms with Gasteiger partial charge >= 0.3 is 0 Å². The van der Waals surface area contributed by atoms with Gasteiger partial charge in [0.25, 0.3) is 11.5 Å². The van der Waals surface area contributed by atoms with E-state index in [0.717, 1.165) is 22.6 Å². The van der Waals surface area contributed by atoms with Crippen LogP contribution in [0.5, 0.6) is 0 Å². The Bertz CT molecular complexity index is 817. The Kier molecular flexibility index (Phi) is 5.78. The first-order valence-electron chi connectivity index (χ1n) is 8.04. The van der Waals surface area contributed by atoms with E-state index in [2.05, 4.69) is 6.58 Å². The van der Waals surface area contributed by atoms with Gasteiger partial charge in [0, 0.05) is 29.0 Å². The molecule has 24 heavy (non-hydrogen) atoms. The molecular formula is C19H24N2O2S. The van der Waals surface area contributed by atoms with Crippen molar-refractivity contribution in [1.82, 2.24) is 9.47 Å². The Hall–Kier alpha value is -2.14. The molecule has 0 aromatic carbocycles. The highest BCUT2D eigenvalue weighted by molar-refractivity contribution is 7.11. The van der Waals surface area contributed by atoms with Gasteiger partial charge in [-0.3, -0.25) is 9.59 Å². The number of carbonyl (C=O) groups is 1. The smallest absolute Gasteiger partial charge is 0.263 e. The number of aryl methyl sites for hydroxylation is 2. The van der Waals surface area contributed by atoms with Crippen molar-refractivity contribution < 1.29 is 4.79 Å². The number of rotatable bonds is 6. The SMILES string of the molecule is C=CCN(Cc1ccc(C)s1)C(=O)c1cc(C)c(CC)n(C)c1=O. The van der Waals surface area contributed by atoms with E-state index in [-0.39, 0.29) is 17.0 Å². The molecule has 0 bridgehead atoms. The summed E-state index contributed by atoms with van der Waals surface area (Å²) >= 11 is 1.66. The predicted octanol–water partition coefficient (Wildman–Crippen LogP) is 3.45. The summed E-state index contributed by atoms with van der Waals surface area (Å²) < 4.78 is 1.59. The van der Waals surface area contributed by atoms with Crippen LogP contribution in [0.25, 0.3) is 0 Å². The first-order chi connectivity index (χ1) is 11.4. The third kappa shape index (κ3) is 3.67. The standard InChI is InChI=1S/C19H24N2O2S/c1-6-10-21(12-15-9-8-14(4)24-15)19(23)16-11-13(3)17(7-2)20(5)18(16)22/h6,8-9,11H,1,7,10,12H2,2-5H3. The summed E-state index contributed by atoms with van der Waals surface area (Å²) in [5.74, 6) is -0.243. The molecule has 0 radical (unpaired) electrons. The van der Waals surface area contributed by atoms with Crippen molar-refractivity contribution in [3.8, 4) is 0 Å². The van der Waals surface area contributed by atoms with E-state index in [9.17, 15) is 9.59 Å². The van der Waals surface area contributed by atoms with Gasteiger partial charge < -0.3 is 9.47 Å². The molecule has 0 aliphatic rings. The van der Waals surface area contributed by atoms with Crippen molar-refractivity contribution >= 4 is 17.2 Å². The molecule has 2 rings (SSSR count). The largest absolute Gasteiger partial charge is 0.330 e. The quantitative estimate of drug-likeness (QED) is 0.753. The van der Waals surface area contributed by atoms with Crippen LogP contribution < -0.4 is 5.56 Å². The number of amides is 1. The van der Waals surface area contributed by atoms with Crippen molar-refractivity contribution in [2.24, 2.45) is 7.05 Å². The zero-order valence-electron chi connectivity index (χ0n) is 14.8. The van der Waals surface area contributed by atoms with Crippen molar-refractivity contribution in [2.75, 3.05) is 6.54 Å². The maximum Gasteiger partial charge on any atom is 0.263 e. The van der Waals surface area contributed by atoms with Crippen LogP contribution in [0.15, 0.2) is 35.6 Å². The number of carbonyl (C=O) groups excluding carboxylic acids is 1. The summed E-state index contributed by atoms with van der Waals surface area (Å²) in [7, 11) is 1.73. The lowest BCUT2D eigenvalue weighted by Gasteiger charge is -2.21. The van der Waals surface area contributed by atoms with Gasteiger partial charge in [0.1, 0.15) is 5.56 Å². The highest BCUT2D eigenvalue weighted by Gasteiger charge is 2.21. The molecule has 2 aromatic rings. The van der Waals surface area contributed by atoms with Gasteiger partial charge in [-0.15, -0.1) is 17.9 Å². The van der Waals surface area contributed by atoms with Gasteiger partial charge in [-0.2, -0.15) is 0 Å². The second-order valence-corrected chi connectivity index (χ2v) is 7.26. The maximum absolute atomic E-state index is 12.9. The van der Waals surface area contributed by atoms with Gasteiger partial charge in [-0.25, -0.2) is 0 Å². The number of pyridine rings is 1. The number of thiophene rings is 1. The van der Waals surface area contributed by atoms with Crippen molar-refractivity contribution in [3.05, 3.63) is 67.8 Å². The number of hydrogen-bond acceptors (Lipinski definition) is 3. The normalized spacial score (nSPS) is 10.7. The van der Waals surface area contributed by atoms with Crippen LogP contribution in [0.3, 0.4) is 0 Å². The Morgan fingerprint density at radius 1 is 1.38 bits per heavy atom. The molecule has 2 heterocycles. The highest BCUT2D eigenvalue weighted by atomic mass is 32.1. The van der Waals surface area contributed by atoms with Crippen LogP contribution >= 0.6 is 11.3 Å². The second kappa shape index (κ2) is 7.62. The Morgan fingerprint density at radius 2 is 2.08 bits per heavy atom. The predicted molar refractivity (Wildman–Crippen MR) is 99.8 cm³/mol. The molecule has 1 amide bonds. The summed E-state index contributed by atoms with van der Waals surface area (Å²) in [6.07, 6.45) is 2.45. The van der Waals surface area contributed by atoms with E-state index in [4.69, 9.17) is 0 Å². The molecular weight excluding hydrogens is 320 g/mol. The van der Waals surface area contributed by atoms with E-state index in [1.54, 1.807) is 40.0 Å². The summed E-state index contributed by atoms with van der Waals surface area (Å²) in [6.45, 7) is 10.6. The van der Waals surface area contributed by atoms with Crippen molar-refractivity contribution in [1.29, 1.82) is 0 Å². The number of nitrogens with zero attached hydrogens (tertiary/aromatic N) is 2. The molecule has 0 atom stereocenters. The minimum absolute atomic E-state index is 0.224. The van der Waals surface area contributed by atoms with Crippen LogP contribution in [0.2, 0.25) is 0 Å². The molecule has 0 N–H and O–H groups in total. The molecule has 0 unspecified atom stereocenters. The molecule has 0 aliphatic heterocycles. The summed E-state index contributed by atoms with van der Waals surface area (Å²) in [6, 6.07) is 5.78. The molecule has 4 nitrogen and oxygen atoms in total. The third-order valence-corrected chi connectivity index (χ3v) is 5.09. The fraction of sp³-hybridized carbons (Fsp3) is 0.368. The molecule has 0 saturated heterocycles. The Labute approximate surface area is 147 Å². The molecule has 128 valence electrons. The Morgan fingerprint density at radius 3 is 2.62 bits per heavy atom. The van der Waals surface area contributed by atoms with E-state index < -0.39 is 0 Å². The van der Waals surface area contributed by atoms with E-state index in [0.29, 0.717) is 13.1 Å². The fourth-order valence-corrected chi connectivity index (χ4v) is 3.81. The lowest BCUT2D eigenvalue weighted by Crippen LogP contribution is -2.37. The Balaban J connectivity index is 2.40. The van der Waals surface area contributed by atoms with Crippen molar-refractivity contribution in [3.63, 3.8) is 0 Å². The van der Waals surface area contributed by atoms with Gasteiger partial charge in [0.2, 0.25) is 0 Å². The van der Waals surface area contributed by atoms with Gasteiger partial charge in [-0.1, -0.05) is 13.0 Å². The number of aromatic nitrogens is 1. The van der Waals surface area contributed by atoms with Crippen LogP contribution in [0, 0.1) is 13.8 Å². The first kappa shape index (κ1) is 18.2. The van der Waals surface area contributed by atoms with E-state index in [1.165, 1.54) is 4.88 Å². The maximum atomic E-state index is 12.9. The third-order valence-electron chi connectivity index (χ3n) is 4.10. The van der Waals surface area contributed by atoms with Crippen molar-refractivity contribution in [2.45, 2.75) is 33.7 Å². The summed E-state index contributed by atoms with van der Waals surface area (Å²) in [5, 5.41) is 0. The lowest BCUT2D eigenvalue weighted by molar-refractivity contribution is 0.0761. The molecule has 0 fully saturated rings. The minimum Gasteiger partial charge on any atom is -0.330 e. The number of hydrogen-bond donors (Lipinski definition) is 0. The summed E-state index contributed by atoms with van der Waals surface area (Å²) in [5.41, 5.74) is 1.91. The van der Waals surface area contributed by atoms with Crippen LogP contribution in [-0.4, -0.2) is 21.9 Å². The molecule has 2 aromatic heterocycles. The zero-order chi connectivity index (χ0) is 17.9. The molecule has 5 heteroatoms. The zero-order valence-corrected chi connectivity index (χ0v) is 15.6. The highest BCUT2D eigenvalue weighted by Crippen LogP contribution is 2.18. The van der Waals surface area contributed by atoms with Crippen LogP contribution in [0.4, 0.5) is 0 Å². The summed E-state index contributed by atoms with van der Waals surface area (Å²) in [4.78, 5) is 29.5. The monoisotopic (exact) mass is 344 g/mol. The fourth-order valence-electron chi connectivity index (χ4n) is 2.90. The minimum atomic E-state index is -0.243. The van der Waals surface area contributed by atoms with Crippen LogP contribution in [0.1, 0.15) is 38.3 Å². The van der Waals surface area contributed by atoms with Gasteiger partial charge in [0.15, 0.2) is 0 Å². The van der Waals surface area contributed by atoms with Gasteiger partial charge in [0.05, 0.1) is 6.54 Å². The second-order valence-electron chi connectivity index (χ2n) is 5.89. The lowest BCUT2D eigenvalue weighted by atomic mass is 10.1.